The van der Waals surface area contributed by atoms with E-state index >= 15 is 0 Å². The Hall–Kier alpha value is -0.710. The highest BCUT2D eigenvalue weighted by Gasteiger charge is 2.23. The molecule has 19 heavy (non-hydrogen) atoms. The van der Waals surface area contributed by atoms with Crippen LogP contribution in [0.2, 0.25) is 10.0 Å². The molecule has 0 bridgehead atoms. The topological polar surface area (TPSA) is 46.2 Å². The van der Waals surface area contributed by atoms with Crippen molar-refractivity contribution in [2.45, 2.75) is 38.8 Å². The Morgan fingerprint density at radius 2 is 2.16 bits per heavy atom. The first-order valence-corrected chi connectivity index (χ1v) is 7.35. The average molecular weight is 304 g/mol. The zero-order chi connectivity index (χ0) is 13.8. The maximum atomic E-state index is 6.17. The highest BCUT2D eigenvalue weighted by molar-refractivity contribution is 6.37. The lowest BCUT2D eigenvalue weighted by atomic mass is 10.1. The van der Waals surface area contributed by atoms with E-state index in [4.69, 9.17) is 27.9 Å². The van der Waals surface area contributed by atoms with Crippen LogP contribution < -0.4 is 10.6 Å². The van der Waals surface area contributed by atoms with Crippen LogP contribution in [-0.4, -0.2) is 30.3 Å². The fraction of sp³-hybridized carbons (Fsp3) is 0.615. The second kappa shape index (κ2) is 6.64. The Labute approximate surface area is 123 Å². The molecule has 1 aromatic heterocycles. The molecular weight excluding hydrogens is 285 g/mol. The predicted molar refractivity (Wildman–Crippen MR) is 80.5 cm³/mol. The minimum atomic E-state index is 0.170. The van der Waals surface area contributed by atoms with E-state index in [1.54, 1.807) is 6.07 Å². The molecule has 2 atom stereocenters. The molecule has 0 saturated carbocycles. The molecule has 0 spiro atoms. The van der Waals surface area contributed by atoms with Gasteiger partial charge in [0.15, 0.2) is 0 Å². The van der Waals surface area contributed by atoms with Crippen molar-refractivity contribution >= 4 is 34.8 Å². The summed E-state index contributed by atoms with van der Waals surface area (Å²) in [6.45, 7) is 5.67. The van der Waals surface area contributed by atoms with E-state index in [1.807, 2.05) is 6.92 Å². The van der Waals surface area contributed by atoms with Gasteiger partial charge in [0.2, 0.25) is 0 Å². The van der Waals surface area contributed by atoms with Gasteiger partial charge in [0.1, 0.15) is 11.6 Å². The molecule has 1 aliphatic rings. The standard InChI is InChI=1S/C13H19Cl2N3O/c1-3-16-12-9(14)7-10(15)13(18-12)17-8(2)11-5-4-6-19-11/h7-8,11H,3-6H2,1-2H3,(H2,16,17,18). The maximum Gasteiger partial charge on any atom is 0.147 e. The lowest BCUT2D eigenvalue weighted by Gasteiger charge is -2.21. The number of ether oxygens (including phenoxy) is 1. The van der Waals surface area contributed by atoms with Gasteiger partial charge >= 0.3 is 0 Å². The molecule has 2 N–H and O–H groups in total. The summed E-state index contributed by atoms with van der Waals surface area (Å²) in [5.41, 5.74) is 0. The number of halogens is 2. The van der Waals surface area contributed by atoms with Crippen molar-refractivity contribution in [2.24, 2.45) is 0 Å². The summed E-state index contributed by atoms with van der Waals surface area (Å²) in [5.74, 6) is 1.29. The highest BCUT2D eigenvalue weighted by Crippen LogP contribution is 2.30. The van der Waals surface area contributed by atoms with E-state index in [9.17, 15) is 0 Å². The van der Waals surface area contributed by atoms with Crippen LogP contribution in [-0.2, 0) is 4.74 Å². The van der Waals surface area contributed by atoms with Crippen molar-refractivity contribution in [3.63, 3.8) is 0 Å². The molecule has 1 aliphatic heterocycles. The molecule has 2 rings (SSSR count). The van der Waals surface area contributed by atoms with Gasteiger partial charge in [-0.2, -0.15) is 0 Å². The minimum Gasteiger partial charge on any atom is -0.376 e. The number of hydrogen-bond donors (Lipinski definition) is 2. The molecule has 0 radical (unpaired) electrons. The number of hydrogen-bond acceptors (Lipinski definition) is 4. The van der Waals surface area contributed by atoms with Gasteiger partial charge in [0.25, 0.3) is 0 Å². The van der Waals surface area contributed by atoms with Gasteiger partial charge in [-0.15, -0.1) is 0 Å². The van der Waals surface area contributed by atoms with Crippen molar-refractivity contribution in [1.82, 2.24) is 4.98 Å². The zero-order valence-corrected chi connectivity index (χ0v) is 12.7. The van der Waals surface area contributed by atoms with Gasteiger partial charge in [-0.3, -0.25) is 0 Å². The Kier molecular flexibility index (Phi) is 5.13. The molecule has 0 amide bonds. The summed E-state index contributed by atoms with van der Waals surface area (Å²) in [6, 6.07) is 1.88. The van der Waals surface area contributed by atoms with E-state index < -0.39 is 0 Å². The van der Waals surface area contributed by atoms with Gasteiger partial charge in [-0.25, -0.2) is 4.98 Å². The van der Waals surface area contributed by atoms with Crippen molar-refractivity contribution in [2.75, 3.05) is 23.8 Å². The molecule has 106 valence electrons. The van der Waals surface area contributed by atoms with Gasteiger partial charge in [-0.05, 0) is 32.8 Å². The molecule has 0 aliphatic carbocycles. The smallest absolute Gasteiger partial charge is 0.147 e. The average Bonchev–Trinajstić information content (AvgIpc) is 2.89. The van der Waals surface area contributed by atoms with Crippen LogP contribution in [0.3, 0.4) is 0 Å². The van der Waals surface area contributed by atoms with Crippen molar-refractivity contribution in [3.05, 3.63) is 16.1 Å². The first kappa shape index (κ1) is 14.7. The molecule has 1 fully saturated rings. The third-order valence-corrected chi connectivity index (χ3v) is 3.74. The highest BCUT2D eigenvalue weighted by atomic mass is 35.5. The van der Waals surface area contributed by atoms with Crippen LogP contribution in [0.25, 0.3) is 0 Å². The summed E-state index contributed by atoms with van der Waals surface area (Å²) >= 11 is 12.3. The van der Waals surface area contributed by atoms with E-state index in [0.717, 1.165) is 26.0 Å². The van der Waals surface area contributed by atoms with Gasteiger partial charge in [-0.1, -0.05) is 23.2 Å². The Morgan fingerprint density at radius 3 is 2.79 bits per heavy atom. The summed E-state index contributed by atoms with van der Waals surface area (Å²) in [6.07, 6.45) is 2.40. The first-order valence-electron chi connectivity index (χ1n) is 6.60. The van der Waals surface area contributed by atoms with Crippen molar-refractivity contribution in [1.29, 1.82) is 0 Å². The molecule has 1 saturated heterocycles. The monoisotopic (exact) mass is 303 g/mol. The number of nitrogens with zero attached hydrogens (tertiary/aromatic N) is 1. The fourth-order valence-corrected chi connectivity index (χ4v) is 2.64. The lowest BCUT2D eigenvalue weighted by molar-refractivity contribution is 0.0996. The van der Waals surface area contributed by atoms with Crippen molar-refractivity contribution < 1.29 is 4.74 Å². The Morgan fingerprint density at radius 1 is 1.42 bits per heavy atom. The second-order valence-corrected chi connectivity index (χ2v) is 5.48. The zero-order valence-electron chi connectivity index (χ0n) is 11.2. The Balaban J connectivity index is 2.12. The number of pyridine rings is 1. The van der Waals surface area contributed by atoms with E-state index in [0.29, 0.717) is 21.7 Å². The van der Waals surface area contributed by atoms with Gasteiger partial charge in [0.05, 0.1) is 22.2 Å². The van der Waals surface area contributed by atoms with Gasteiger partial charge in [0, 0.05) is 13.2 Å². The molecule has 0 aromatic carbocycles. The third-order valence-electron chi connectivity index (χ3n) is 3.16. The Bertz CT molecular complexity index is 436. The molecule has 2 heterocycles. The molecule has 2 unspecified atom stereocenters. The largest absolute Gasteiger partial charge is 0.376 e. The van der Waals surface area contributed by atoms with Crippen LogP contribution in [0.4, 0.5) is 11.6 Å². The van der Waals surface area contributed by atoms with Crippen LogP contribution >= 0.6 is 23.2 Å². The number of aromatic nitrogens is 1. The lowest BCUT2D eigenvalue weighted by Crippen LogP contribution is -2.30. The van der Waals surface area contributed by atoms with E-state index in [-0.39, 0.29) is 12.1 Å². The van der Waals surface area contributed by atoms with Crippen LogP contribution in [0.1, 0.15) is 26.7 Å². The van der Waals surface area contributed by atoms with Crippen molar-refractivity contribution in [3.8, 4) is 0 Å². The summed E-state index contributed by atoms with van der Waals surface area (Å²) in [4.78, 5) is 4.43. The quantitative estimate of drug-likeness (QED) is 0.868. The number of nitrogens with one attached hydrogen (secondary N) is 2. The minimum absolute atomic E-state index is 0.170. The summed E-state index contributed by atoms with van der Waals surface area (Å²) in [5, 5.41) is 7.48. The third kappa shape index (κ3) is 3.65. The van der Waals surface area contributed by atoms with Crippen LogP contribution in [0.5, 0.6) is 0 Å². The number of anilines is 2. The summed E-state index contributed by atoms with van der Waals surface area (Å²) in [7, 11) is 0. The molecule has 6 heteroatoms. The molecule has 1 aromatic rings. The SMILES string of the molecule is CCNc1nc(NC(C)C2CCCO2)c(Cl)cc1Cl. The maximum absolute atomic E-state index is 6.17. The van der Waals surface area contributed by atoms with E-state index in [1.165, 1.54) is 0 Å². The first-order chi connectivity index (χ1) is 9.11. The fourth-order valence-electron chi connectivity index (χ4n) is 2.16. The normalized spacial score (nSPS) is 20.3. The number of rotatable bonds is 5. The van der Waals surface area contributed by atoms with Crippen LogP contribution in [0.15, 0.2) is 6.07 Å². The van der Waals surface area contributed by atoms with Crippen LogP contribution in [0, 0.1) is 0 Å². The summed E-state index contributed by atoms with van der Waals surface area (Å²) < 4.78 is 5.65. The molecular formula is C13H19Cl2N3O. The van der Waals surface area contributed by atoms with E-state index in [2.05, 4.69) is 22.5 Å². The molecule has 4 nitrogen and oxygen atoms in total. The second-order valence-electron chi connectivity index (χ2n) is 4.66. The van der Waals surface area contributed by atoms with Gasteiger partial charge < -0.3 is 15.4 Å². The predicted octanol–water partition coefficient (Wildman–Crippen LogP) is 3.80.